The molecule has 137 valence electrons. The quantitative estimate of drug-likeness (QED) is 0.367. The van der Waals surface area contributed by atoms with Gasteiger partial charge in [0.2, 0.25) is 0 Å². The molecule has 2 aliphatic carbocycles. The van der Waals surface area contributed by atoms with E-state index in [1.165, 1.54) is 44.4 Å². The first kappa shape index (κ1) is 17.8. The molecule has 2 aliphatic rings. The molecule has 3 aromatic carbocycles. The van der Waals surface area contributed by atoms with E-state index in [0.717, 1.165) is 0 Å². The molecule has 0 aromatic heterocycles. The Labute approximate surface area is 173 Å². The molecule has 1 heteroatoms. The highest BCUT2D eigenvalue weighted by Gasteiger charge is 2.47. The first-order valence-corrected chi connectivity index (χ1v) is 10.2. The average molecular weight is 369 g/mol. The van der Waals surface area contributed by atoms with Crippen molar-refractivity contribution in [3.63, 3.8) is 0 Å². The summed E-state index contributed by atoms with van der Waals surface area (Å²) in [5, 5.41) is 0. The van der Waals surface area contributed by atoms with Crippen molar-refractivity contribution >= 4 is 12.9 Å². The second kappa shape index (κ2) is 6.96. The summed E-state index contributed by atoms with van der Waals surface area (Å²) in [4.78, 5) is 0. The van der Waals surface area contributed by atoms with E-state index < -0.39 is 0 Å². The lowest BCUT2D eigenvalue weighted by Gasteiger charge is -2.36. The summed E-state index contributed by atoms with van der Waals surface area (Å²) in [6.07, 6.45) is 6.59. The Balaban J connectivity index is 1.99. The molecule has 0 N–H and O–H groups in total. The fourth-order valence-electron chi connectivity index (χ4n) is 4.95. The van der Waals surface area contributed by atoms with Gasteiger partial charge in [0.1, 0.15) is 7.28 Å². The van der Waals surface area contributed by atoms with E-state index in [4.69, 9.17) is 0 Å². The van der Waals surface area contributed by atoms with Gasteiger partial charge < -0.3 is 0 Å². The van der Waals surface area contributed by atoms with E-state index in [0.29, 0.717) is 0 Å². The SMILES string of the molecule is C[B]C1=CC2=C(C=C=C1)c1cccc(C)c1C2(c1ccccc1)c1ccccc1. The van der Waals surface area contributed by atoms with Crippen molar-refractivity contribution in [2.45, 2.75) is 19.2 Å². The molecule has 0 unspecified atom stereocenters. The third-order valence-corrected chi connectivity index (χ3v) is 6.17. The van der Waals surface area contributed by atoms with Gasteiger partial charge in [-0.3, -0.25) is 0 Å². The van der Waals surface area contributed by atoms with E-state index >= 15 is 0 Å². The predicted octanol–water partition coefficient (Wildman–Crippen LogP) is 6.46. The van der Waals surface area contributed by atoms with Gasteiger partial charge in [0.05, 0.1) is 5.41 Å². The van der Waals surface area contributed by atoms with Gasteiger partial charge in [-0.25, -0.2) is 0 Å². The summed E-state index contributed by atoms with van der Waals surface area (Å²) in [5.74, 6) is 0. The van der Waals surface area contributed by atoms with Crippen molar-refractivity contribution in [2.24, 2.45) is 0 Å². The van der Waals surface area contributed by atoms with Crippen LogP contribution in [0, 0.1) is 6.92 Å². The maximum atomic E-state index is 3.41. The van der Waals surface area contributed by atoms with Crippen LogP contribution >= 0.6 is 0 Å². The van der Waals surface area contributed by atoms with E-state index in [9.17, 15) is 0 Å². The fourth-order valence-corrected chi connectivity index (χ4v) is 4.95. The summed E-state index contributed by atoms with van der Waals surface area (Å²) in [6.45, 7) is 4.33. The van der Waals surface area contributed by atoms with Crippen molar-refractivity contribution in [1.82, 2.24) is 0 Å². The number of hydrogen-bond donors (Lipinski definition) is 0. The lowest BCUT2D eigenvalue weighted by atomic mass is 9.63. The predicted molar refractivity (Wildman–Crippen MR) is 123 cm³/mol. The van der Waals surface area contributed by atoms with Crippen LogP contribution in [0.15, 0.2) is 114 Å². The molecule has 1 radical (unpaired) electrons. The van der Waals surface area contributed by atoms with Gasteiger partial charge in [-0.15, -0.1) is 5.73 Å². The van der Waals surface area contributed by atoms with E-state index in [1.807, 2.05) is 0 Å². The standard InChI is InChI=1S/C28H22B/c1-20-11-9-18-25-24-17-10-16-23(29-2)19-26(24)28(27(20)25,21-12-5-3-6-13-21)22-14-7-4-8-15-22/h3-9,11-19H,1-2H3. The smallest absolute Gasteiger partial charge is 0.121 e. The summed E-state index contributed by atoms with van der Waals surface area (Å²) in [7, 11) is 2.16. The third kappa shape index (κ3) is 2.55. The van der Waals surface area contributed by atoms with Crippen molar-refractivity contribution in [3.05, 3.63) is 142 Å². The molecule has 5 rings (SSSR count). The monoisotopic (exact) mass is 369 g/mol. The Hall–Kier alpha value is -3.28. The van der Waals surface area contributed by atoms with E-state index in [1.54, 1.807) is 0 Å². The van der Waals surface area contributed by atoms with Gasteiger partial charge in [-0.2, -0.15) is 0 Å². The largest absolute Gasteiger partial charge is 0.149 e. The molecule has 0 atom stereocenters. The molecule has 0 bridgehead atoms. The Kier molecular flexibility index (Phi) is 4.27. The fraction of sp³-hybridized carbons (Fsp3) is 0.107. The molecule has 0 aliphatic heterocycles. The summed E-state index contributed by atoms with van der Waals surface area (Å²) in [5.41, 5.74) is 13.5. The highest BCUT2D eigenvalue weighted by atomic mass is 14.5. The molecule has 3 aromatic rings. The van der Waals surface area contributed by atoms with Gasteiger partial charge in [0.25, 0.3) is 0 Å². The van der Waals surface area contributed by atoms with E-state index in [2.05, 4.69) is 124 Å². The molecule has 0 spiro atoms. The molecule has 0 amide bonds. The van der Waals surface area contributed by atoms with Crippen LogP contribution in [-0.2, 0) is 5.41 Å². The first-order valence-electron chi connectivity index (χ1n) is 10.2. The van der Waals surface area contributed by atoms with Gasteiger partial charge in [-0.05, 0) is 58.0 Å². The van der Waals surface area contributed by atoms with Crippen LogP contribution in [0.25, 0.3) is 5.57 Å². The minimum atomic E-state index is -0.344. The number of allylic oxidation sites excluding steroid dienone is 5. The zero-order chi connectivity index (χ0) is 19.8. The second-order valence-electron chi connectivity index (χ2n) is 7.70. The minimum Gasteiger partial charge on any atom is -0.121 e. The zero-order valence-electron chi connectivity index (χ0n) is 16.8. The highest BCUT2D eigenvalue weighted by molar-refractivity contribution is 6.45. The molecule has 0 saturated carbocycles. The maximum Gasteiger partial charge on any atom is 0.149 e. The van der Waals surface area contributed by atoms with Crippen LogP contribution in [0.4, 0.5) is 0 Å². The topological polar surface area (TPSA) is 0 Å². The van der Waals surface area contributed by atoms with Gasteiger partial charge >= 0.3 is 0 Å². The van der Waals surface area contributed by atoms with Crippen molar-refractivity contribution in [1.29, 1.82) is 0 Å². The van der Waals surface area contributed by atoms with Crippen LogP contribution < -0.4 is 0 Å². The Morgan fingerprint density at radius 3 is 2.03 bits per heavy atom. The summed E-state index contributed by atoms with van der Waals surface area (Å²) >= 11 is 0. The second-order valence-corrected chi connectivity index (χ2v) is 7.70. The summed E-state index contributed by atoms with van der Waals surface area (Å²) in [6, 6.07) is 28.5. The van der Waals surface area contributed by atoms with Crippen LogP contribution in [0.3, 0.4) is 0 Å². The first-order chi connectivity index (χ1) is 14.3. The zero-order valence-corrected chi connectivity index (χ0v) is 16.8. The van der Waals surface area contributed by atoms with Crippen molar-refractivity contribution in [2.75, 3.05) is 0 Å². The highest BCUT2D eigenvalue weighted by Crippen LogP contribution is 2.56. The number of hydrogen-bond acceptors (Lipinski definition) is 0. The molecule has 0 heterocycles. The third-order valence-electron chi connectivity index (χ3n) is 6.17. The van der Waals surface area contributed by atoms with Crippen LogP contribution in [0.1, 0.15) is 27.8 Å². The Morgan fingerprint density at radius 1 is 0.759 bits per heavy atom. The van der Waals surface area contributed by atoms with Crippen LogP contribution in [0.2, 0.25) is 6.82 Å². The molecule has 0 saturated heterocycles. The number of fused-ring (bicyclic) bond motifs is 2. The lowest BCUT2D eigenvalue weighted by Crippen LogP contribution is -2.30. The van der Waals surface area contributed by atoms with Gasteiger partial charge in [0, 0.05) is 0 Å². The molecule has 0 fully saturated rings. The van der Waals surface area contributed by atoms with Crippen molar-refractivity contribution < 1.29 is 0 Å². The maximum absolute atomic E-state index is 3.41. The van der Waals surface area contributed by atoms with Crippen molar-refractivity contribution in [3.8, 4) is 0 Å². The summed E-state index contributed by atoms with van der Waals surface area (Å²) < 4.78 is 0. The average Bonchev–Trinajstić information content (AvgIpc) is 2.90. The lowest BCUT2D eigenvalue weighted by molar-refractivity contribution is 0.754. The number of aryl methyl sites for hydroxylation is 1. The Morgan fingerprint density at radius 2 is 1.41 bits per heavy atom. The number of benzene rings is 3. The molecular formula is C28H22B. The molecule has 0 nitrogen and oxygen atoms in total. The normalized spacial score (nSPS) is 16.1. The van der Waals surface area contributed by atoms with Gasteiger partial charge in [-0.1, -0.05) is 97.2 Å². The Bertz CT molecular complexity index is 1160. The van der Waals surface area contributed by atoms with Crippen LogP contribution in [0.5, 0.6) is 0 Å². The van der Waals surface area contributed by atoms with Gasteiger partial charge in [0.15, 0.2) is 0 Å². The molecular weight excluding hydrogens is 347 g/mol. The molecule has 29 heavy (non-hydrogen) atoms. The minimum absolute atomic E-state index is 0.344. The number of rotatable bonds is 3. The van der Waals surface area contributed by atoms with E-state index in [-0.39, 0.29) is 5.41 Å². The van der Waals surface area contributed by atoms with Crippen LogP contribution in [-0.4, -0.2) is 7.28 Å².